The summed E-state index contributed by atoms with van der Waals surface area (Å²) in [5.41, 5.74) is 0.991. The molecule has 1 unspecified atom stereocenters. The number of hydrogen-bond donors (Lipinski definition) is 1. The summed E-state index contributed by atoms with van der Waals surface area (Å²) in [5.74, 6) is 0. The van der Waals surface area contributed by atoms with Crippen LogP contribution in [0.3, 0.4) is 0 Å². The highest BCUT2D eigenvalue weighted by molar-refractivity contribution is 5.02. The van der Waals surface area contributed by atoms with Crippen LogP contribution in [0.1, 0.15) is 50.3 Å². The number of aliphatic hydroxyl groups is 1. The predicted molar refractivity (Wildman–Crippen MR) is 68.9 cm³/mol. The van der Waals surface area contributed by atoms with Crippen LogP contribution in [0, 0.1) is 0 Å². The third-order valence-electron chi connectivity index (χ3n) is 3.50. The number of nitrogens with zero attached hydrogens (tertiary/aromatic N) is 2. The molecule has 1 aliphatic carbocycles. The minimum Gasteiger partial charge on any atom is -0.392 e. The summed E-state index contributed by atoms with van der Waals surface area (Å²) >= 11 is 0. The Bertz CT molecular complexity index is 353. The first kappa shape index (κ1) is 12.4. The highest BCUT2D eigenvalue weighted by Gasteiger charge is 2.16. The normalized spacial score (nSPS) is 19.1. The fourth-order valence-electron chi connectivity index (χ4n) is 2.55. The monoisotopic (exact) mass is 234 g/mol. The Kier molecular flexibility index (Phi) is 4.37. The van der Waals surface area contributed by atoms with Crippen molar-refractivity contribution in [3.05, 3.63) is 30.6 Å². The second-order valence-electron chi connectivity index (χ2n) is 4.96. The maximum Gasteiger partial charge on any atom is 0.0650 e. The number of aromatic nitrogens is 2. The quantitative estimate of drug-likeness (QED) is 0.795. The molecular formula is C14H22N2O. The van der Waals surface area contributed by atoms with Crippen LogP contribution < -0.4 is 0 Å². The molecule has 0 bridgehead atoms. The molecule has 0 saturated heterocycles. The Morgan fingerprint density at radius 1 is 1.47 bits per heavy atom. The fraction of sp³-hybridized carbons (Fsp3) is 0.643. The van der Waals surface area contributed by atoms with Crippen LogP contribution in [0.25, 0.3) is 0 Å². The van der Waals surface area contributed by atoms with Crippen LogP contribution in [0.5, 0.6) is 0 Å². The molecule has 0 aromatic carbocycles. The molecule has 2 rings (SSSR count). The van der Waals surface area contributed by atoms with E-state index in [1.807, 2.05) is 6.07 Å². The van der Waals surface area contributed by atoms with Crippen LogP contribution in [-0.2, 0) is 6.42 Å². The summed E-state index contributed by atoms with van der Waals surface area (Å²) in [4.78, 5) is 0. The largest absolute Gasteiger partial charge is 0.392 e. The lowest BCUT2D eigenvalue weighted by Gasteiger charge is -2.21. The van der Waals surface area contributed by atoms with Gasteiger partial charge in [-0.3, -0.25) is 4.68 Å². The summed E-state index contributed by atoms with van der Waals surface area (Å²) in [6, 6.07) is 2.61. The van der Waals surface area contributed by atoms with Crippen molar-refractivity contribution in [3.8, 4) is 0 Å². The van der Waals surface area contributed by atoms with E-state index in [-0.39, 0.29) is 6.10 Å². The zero-order valence-corrected chi connectivity index (χ0v) is 10.4. The van der Waals surface area contributed by atoms with Gasteiger partial charge in [0.2, 0.25) is 0 Å². The molecule has 1 atom stereocenters. The van der Waals surface area contributed by atoms with Gasteiger partial charge < -0.3 is 5.11 Å². The molecule has 0 aliphatic heterocycles. The second-order valence-corrected chi connectivity index (χ2v) is 4.96. The van der Waals surface area contributed by atoms with E-state index in [9.17, 15) is 5.11 Å². The lowest BCUT2D eigenvalue weighted by molar-refractivity contribution is 0.176. The van der Waals surface area contributed by atoms with Crippen LogP contribution in [0.15, 0.2) is 24.9 Å². The van der Waals surface area contributed by atoms with Gasteiger partial charge in [-0.2, -0.15) is 5.10 Å². The lowest BCUT2D eigenvalue weighted by atomic mass is 9.96. The highest BCUT2D eigenvalue weighted by atomic mass is 16.3. The van der Waals surface area contributed by atoms with E-state index in [2.05, 4.69) is 22.6 Å². The van der Waals surface area contributed by atoms with E-state index in [1.165, 1.54) is 32.1 Å². The van der Waals surface area contributed by atoms with Crippen molar-refractivity contribution in [2.75, 3.05) is 0 Å². The van der Waals surface area contributed by atoms with Crippen molar-refractivity contribution in [2.24, 2.45) is 0 Å². The van der Waals surface area contributed by atoms with Gasteiger partial charge in [-0.05, 0) is 25.3 Å². The van der Waals surface area contributed by atoms with Crippen molar-refractivity contribution in [1.82, 2.24) is 9.78 Å². The van der Waals surface area contributed by atoms with Gasteiger partial charge in [0.1, 0.15) is 0 Å². The lowest BCUT2D eigenvalue weighted by Crippen LogP contribution is -2.14. The Balaban J connectivity index is 1.92. The van der Waals surface area contributed by atoms with Gasteiger partial charge in [0.05, 0.1) is 17.8 Å². The molecule has 0 radical (unpaired) electrons. The molecule has 1 fully saturated rings. The van der Waals surface area contributed by atoms with Crippen LogP contribution in [0.4, 0.5) is 0 Å². The van der Waals surface area contributed by atoms with Gasteiger partial charge in [0.25, 0.3) is 0 Å². The standard InChI is InChI=1S/C14H22N2O/c1-2-6-14(17)11-12-9-10-16(15-12)13-7-4-3-5-8-13/h2,9-10,13-14,17H,1,3-8,11H2. The predicted octanol–water partition coefficient (Wildman–Crippen LogP) is 2.87. The molecule has 3 nitrogen and oxygen atoms in total. The van der Waals surface area contributed by atoms with E-state index < -0.39 is 0 Å². The van der Waals surface area contributed by atoms with E-state index in [1.54, 1.807) is 6.08 Å². The summed E-state index contributed by atoms with van der Waals surface area (Å²) in [6.07, 6.45) is 11.2. The summed E-state index contributed by atoms with van der Waals surface area (Å²) in [5, 5.41) is 14.3. The molecular weight excluding hydrogens is 212 g/mol. The molecule has 3 heteroatoms. The van der Waals surface area contributed by atoms with Crippen LogP contribution in [0.2, 0.25) is 0 Å². The Morgan fingerprint density at radius 3 is 2.94 bits per heavy atom. The minimum absolute atomic E-state index is 0.345. The average molecular weight is 234 g/mol. The van der Waals surface area contributed by atoms with E-state index in [0.717, 1.165) is 5.69 Å². The molecule has 1 saturated carbocycles. The van der Waals surface area contributed by atoms with Crippen LogP contribution in [-0.4, -0.2) is 21.0 Å². The third-order valence-corrected chi connectivity index (χ3v) is 3.50. The molecule has 1 heterocycles. The first-order valence-corrected chi connectivity index (χ1v) is 6.62. The number of rotatable bonds is 5. The van der Waals surface area contributed by atoms with Crippen molar-refractivity contribution in [2.45, 2.75) is 57.1 Å². The van der Waals surface area contributed by atoms with Crippen molar-refractivity contribution >= 4 is 0 Å². The van der Waals surface area contributed by atoms with Crippen molar-refractivity contribution in [1.29, 1.82) is 0 Å². The first-order valence-electron chi connectivity index (χ1n) is 6.62. The maximum atomic E-state index is 9.70. The molecule has 0 spiro atoms. The third kappa shape index (κ3) is 3.43. The van der Waals surface area contributed by atoms with Gasteiger partial charge in [-0.15, -0.1) is 6.58 Å². The number of hydrogen-bond acceptors (Lipinski definition) is 2. The first-order chi connectivity index (χ1) is 8.29. The molecule has 1 aromatic rings. The zero-order chi connectivity index (χ0) is 12.1. The Labute approximate surface area is 103 Å². The SMILES string of the molecule is C=CCC(O)Cc1ccn(C2CCCCC2)n1. The number of aliphatic hydroxyl groups excluding tert-OH is 1. The maximum absolute atomic E-state index is 9.70. The Morgan fingerprint density at radius 2 is 2.24 bits per heavy atom. The summed E-state index contributed by atoms with van der Waals surface area (Å²) in [7, 11) is 0. The van der Waals surface area contributed by atoms with E-state index in [0.29, 0.717) is 18.9 Å². The molecule has 1 aromatic heterocycles. The Hall–Kier alpha value is -1.09. The molecule has 1 aliphatic rings. The summed E-state index contributed by atoms with van der Waals surface area (Å²) < 4.78 is 2.09. The molecule has 1 N–H and O–H groups in total. The van der Waals surface area contributed by atoms with Crippen LogP contribution >= 0.6 is 0 Å². The van der Waals surface area contributed by atoms with Gasteiger partial charge >= 0.3 is 0 Å². The van der Waals surface area contributed by atoms with E-state index >= 15 is 0 Å². The van der Waals surface area contributed by atoms with Gasteiger partial charge in [-0.25, -0.2) is 0 Å². The molecule has 94 valence electrons. The van der Waals surface area contributed by atoms with Gasteiger partial charge in [0, 0.05) is 12.6 Å². The van der Waals surface area contributed by atoms with E-state index in [4.69, 9.17) is 0 Å². The highest BCUT2D eigenvalue weighted by Crippen LogP contribution is 2.27. The zero-order valence-electron chi connectivity index (χ0n) is 10.4. The fourth-order valence-corrected chi connectivity index (χ4v) is 2.55. The minimum atomic E-state index is -0.345. The average Bonchev–Trinajstić information content (AvgIpc) is 2.79. The molecule has 17 heavy (non-hydrogen) atoms. The summed E-state index contributed by atoms with van der Waals surface area (Å²) in [6.45, 7) is 3.64. The molecule has 0 amide bonds. The topological polar surface area (TPSA) is 38.0 Å². The van der Waals surface area contributed by atoms with Crippen molar-refractivity contribution in [3.63, 3.8) is 0 Å². The van der Waals surface area contributed by atoms with Gasteiger partial charge in [0.15, 0.2) is 0 Å². The smallest absolute Gasteiger partial charge is 0.0650 e. The van der Waals surface area contributed by atoms with Crippen molar-refractivity contribution < 1.29 is 5.11 Å². The second kappa shape index (κ2) is 6.01. The van der Waals surface area contributed by atoms with Gasteiger partial charge in [-0.1, -0.05) is 25.3 Å².